The van der Waals surface area contributed by atoms with Crippen LogP contribution in [0.15, 0.2) is 18.2 Å². The van der Waals surface area contributed by atoms with Crippen molar-refractivity contribution in [1.29, 1.82) is 0 Å². The Morgan fingerprint density at radius 3 is 2.24 bits per heavy atom. The van der Waals surface area contributed by atoms with Crippen LogP contribution in [0.3, 0.4) is 0 Å². The number of nitrogens with one attached hydrogen (secondary N) is 1. The Balaban J connectivity index is 3.00. The minimum absolute atomic E-state index is 0.318. The second-order valence-electron chi connectivity index (χ2n) is 6.15. The topological polar surface area (TPSA) is 12.0 Å². The summed E-state index contributed by atoms with van der Waals surface area (Å²) >= 11 is 0. The number of hydrogen-bond donors (Lipinski definition) is 1. The monoisotopic (exact) mass is 233 g/mol. The van der Waals surface area contributed by atoms with Crippen molar-refractivity contribution in [2.75, 3.05) is 13.6 Å². The summed E-state index contributed by atoms with van der Waals surface area (Å²) in [6, 6.07) is 6.91. The Kier molecular flexibility index (Phi) is 4.76. The van der Waals surface area contributed by atoms with Crippen molar-refractivity contribution in [2.24, 2.45) is 5.41 Å². The van der Waals surface area contributed by atoms with Gasteiger partial charge in [0, 0.05) is 0 Å². The molecule has 0 radical (unpaired) electrons. The fourth-order valence-corrected chi connectivity index (χ4v) is 2.37. The fourth-order valence-electron chi connectivity index (χ4n) is 2.37. The lowest BCUT2D eigenvalue weighted by molar-refractivity contribution is 0.303. The van der Waals surface area contributed by atoms with Crippen LogP contribution in [0.4, 0.5) is 0 Å². The second kappa shape index (κ2) is 5.68. The summed E-state index contributed by atoms with van der Waals surface area (Å²) in [5.74, 6) is 0.620. The van der Waals surface area contributed by atoms with Gasteiger partial charge in [-0.1, -0.05) is 39.0 Å². The van der Waals surface area contributed by atoms with E-state index in [1.807, 2.05) is 7.05 Å². The SMILES string of the molecule is CNCCC(c1ccc(C)c(C)c1)C(C)(C)C. The number of hydrogen-bond acceptors (Lipinski definition) is 1. The molecule has 1 aromatic rings. The summed E-state index contributed by atoms with van der Waals surface area (Å²) in [4.78, 5) is 0. The lowest BCUT2D eigenvalue weighted by Gasteiger charge is -2.31. The Labute approximate surface area is 107 Å². The van der Waals surface area contributed by atoms with E-state index in [-0.39, 0.29) is 0 Å². The first-order valence-corrected chi connectivity index (χ1v) is 6.58. The third kappa shape index (κ3) is 3.85. The maximum atomic E-state index is 3.27. The molecule has 0 saturated heterocycles. The quantitative estimate of drug-likeness (QED) is 0.827. The zero-order valence-electron chi connectivity index (χ0n) is 12.2. The maximum absolute atomic E-state index is 3.27. The van der Waals surface area contributed by atoms with Crippen molar-refractivity contribution in [3.63, 3.8) is 0 Å². The molecule has 17 heavy (non-hydrogen) atoms. The molecular formula is C16H27N. The number of aryl methyl sites for hydroxylation is 2. The Morgan fingerprint density at radius 2 is 1.76 bits per heavy atom. The average Bonchev–Trinajstić information content (AvgIpc) is 2.22. The van der Waals surface area contributed by atoms with Crippen molar-refractivity contribution >= 4 is 0 Å². The molecule has 1 atom stereocenters. The predicted octanol–water partition coefficient (Wildman–Crippen LogP) is 4.04. The molecule has 0 aliphatic rings. The Hall–Kier alpha value is -0.820. The third-order valence-corrected chi connectivity index (χ3v) is 3.66. The molecule has 1 aromatic carbocycles. The largest absolute Gasteiger partial charge is 0.320 e. The van der Waals surface area contributed by atoms with Gasteiger partial charge in [-0.15, -0.1) is 0 Å². The molecule has 0 spiro atoms. The van der Waals surface area contributed by atoms with Crippen molar-refractivity contribution < 1.29 is 0 Å². The van der Waals surface area contributed by atoms with Crippen molar-refractivity contribution in [3.8, 4) is 0 Å². The van der Waals surface area contributed by atoms with E-state index in [2.05, 4.69) is 58.1 Å². The Morgan fingerprint density at radius 1 is 1.12 bits per heavy atom. The van der Waals surface area contributed by atoms with Gasteiger partial charge in [-0.3, -0.25) is 0 Å². The molecule has 1 N–H and O–H groups in total. The van der Waals surface area contributed by atoms with Gasteiger partial charge in [-0.25, -0.2) is 0 Å². The van der Waals surface area contributed by atoms with Crippen LogP contribution in [0.1, 0.15) is 49.8 Å². The minimum Gasteiger partial charge on any atom is -0.320 e. The summed E-state index contributed by atoms with van der Waals surface area (Å²) in [6.45, 7) is 12.5. The van der Waals surface area contributed by atoms with Crippen molar-refractivity contribution in [2.45, 2.75) is 47.0 Å². The second-order valence-corrected chi connectivity index (χ2v) is 6.15. The molecular weight excluding hydrogens is 206 g/mol. The predicted molar refractivity (Wildman–Crippen MR) is 76.7 cm³/mol. The molecule has 0 aliphatic carbocycles. The molecule has 1 rings (SSSR count). The van der Waals surface area contributed by atoms with Gasteiger partial charge in [0.05, 0.1) is 0 Å². The number of rotatable bonds is 4. The van der Waals surface area contributed by atoms with Gasteiger partial charge in [0.25, 0.3) is 0 Å². The van der Waals surface area contributed by atoms with Crippen LogP contribution in [0.2, 0.25) is 0 Å². The van der Waals surface area contributed by atoms with E-state index in [1.54, 1.807) is 0 Å². The summed E-state index contributed by atoms with van der Waals surface area (Å²) in [5.41, 5.74) is 4.59. The highest BCUT2D eigenvalue weighted by Gasteiger charge is 2.25. The van der Waals surface area contributed by atoms with Crippen LogP contribution in [-0.2, 0) is 0 Å². The summed E-state index contributed by atoms with van der Waals surface area (Å²) in [5, 5.41) is 3.27. The van der Waals surface area contributed by atoms with Crippen LogP contribution in [0, 0.1) is 19.3 Å². The third-order valence-electron chi connectivity index (χ3n) is 3.66. The average molecular weight is 233 g/mol. The molecule has 0 aliphatic heterocycles. The van der Waals surface area contributed by atoms with E-state index in [9.17, 15) is 0 Å². The fraction of sp³-hybridized carbons (Fsp3) is 0.625. The molecule has 96 valence electrons. The van der Waals surface area contributed by atoms with Gasteiger partial charge in [0.15, 0.2) is 0 Å². The molecule has 0 heterocycles. The van der Waals surface area contributed by atoms with Gasteiger partial charge >= 0.3 is 0 Å². The highest BCUT2D eigenvalue weighted by molar-refractivity contribution is 5.32. The first kappa shape index (κ1) is 14.2. The van der Waals surface area contributed by atoms with Crippen LogP contribution in [-0.4, -0.2) is 13.6 Å². The molecule has 1 nitrogen and oxygen atoms in total. The van der Waals surface area contributed by atoms with E-state index in [4.69, 9.17) is 0 Å². The molecule has 0 amide bonds. The van der Waals surface area contributed by atoms with E-state index in [1.165, 1.54) is 23.1 Å². The minimum atomic E-state index is 0.318. The normalized spacial score (nSPS) is 13.8. The van der Waals surface area contributed by atoms with Crippen LogP contribution in [0.5, 0.6) is 0 Å². The lowest BCUT2D eigenvalue weighted by atomic mass is 9.74. The molecule has 0 aromatic heterocycles. The van der Waals surface area contributed by atoms with Gasteiger partial charge in [0.2, 0.25) is 0 Å². The van der Waals surface area contributed by atoms with Crippen LogP contribution < -0.4 is 5.32 Å². The van der Waals surface area contributed by atoms with E-state index in [0.717, 1.165) is 6.54 Å². The van der Waals surface area contributed by atoms with Gasteiger partial charge in [-0.05, 0) is 61.9 Å². The molecule has 0 saturated carbocycles. The first-order chi connectivity index (χ1) is 7.86. The summed E-state index contributed by atoms with van der Waals surface area (Å²) in [7, 11) is 2.03. The summed E-state index contributed by atoms with van der Waals surface area (Å²) in [6.07, 6.45) is 1.20. The van der Waals surface area contributed by atoms with Gasteiger partial charge < -0.3 is 5.32 Å². The van der Waals surface area contributed by atoms with Gasteiger partial charge in [0.1, 0.15) is 0 Å². The Bertz CT molecular complexity index is 360. The van der Waals surface area contributed by atoms with E-state index >= 15 is 0 Å². The molecule has 1 unspecified atom stereocenters. The van der Waals surface area contributed by atoms with Gasteiger partial charge in [-0.2, -0.15) is 0 Å². The maximum Gasteiger partial charge on any atom is -0.00459 e. The highest BCUT2D eigenvalue weighted by Crippen LogP contribution is 2.37. The molecule has 0 fully saturated rings. The summed E-state index contributed by atoms with van der Waals surface area (Å²) < 4.78 is 0. The zero-order valence-corrected chi connectivity index (χ0v) is 12.2. The molecule has 1 heteroatoms. The van der Waals surface area contributed by atoms with Crippen molar-refractivity contribution in [1.82, 2.24) is 5.32 Å². The van der Waals surface area contributed by atoms with E-state index < -0.39 is 0 Å². The smallest absolute Gasteiger partial charge is 0.00459 e. The van der Waals surface area contributed by atoms with Crippen LogP contribution >= 0.6 is 0 Å². The molecule has 0 bridgehead atoms. The lowest BCUT2D eigenvalue weighted by Crippen LogP contribution is -2.23. The first-order valence-electron chi connectivity index (χ1n) is 6.58. The van der Waals surface area contributed by atoms with Crippen molar-refractivity contribution in [3.05, 3.63) is 34.9 Å². The highest BCUT2D eigenvalue weighted by atomic mass is 14.8. The zero-order chi connectivity index (χ0) is 13.1. The van der Waals surface area contributed by atoms with Crippen LogP contribution in [0.25, 0.3) is 0 Å². The standard InChI is InChI=1S/C16H27N/c1-12-7-8-14(11-13(12)2)15(9-10-17-6)16(3,4)5/h7-8,11,15,17H,9-10H2,1-6H3. The number of benzene rings is 1. The van der Waals surface area contributed by atoms with E-state index in [0.29, 0.717) is 11.3 Å².